The number of urea groups is 1. The van der Waals surface area contributed by atoms with Gasteiger partial charge in [-0.15, -0.1) is 11.3 Å². The molecule has 0 atom stereocenters. The van der Waals surface area contributed by atoms with E-state index in [0.29, 0.717) is 32.7 Å². The van der Waals surface area contributed by atoms with Crippen LogP contribution in [0.3, 0.4) is 0 Å². The van der Waals surface area contributed by atoms with Crippen LogP contribution in [0, 0.1) is 6.92 Å². The van der Waals surface area contributed by atoms with Crippen molar-refractivity contribution in [2.75, 3.05) is 32.7 Å². The minimum atomic E-state index is -0.0469. The highest BCUT2D eigenvalue weighted by Gasteiger charge is 2.25. The summed E-state index contributed by atoms with van der Waals surface area (Å²) in [7, 11) is 0. The first-order valence-electron chi connectivity index (χ1n) is 6.61. The average molecular weight is 360 g/mol. The standard InChI is InChI=1S/C13H18BrN3O2S/c1-3-15-13(19)17-6-4-16(5-7-17)12(18)10-8-9(2)11(14)20-10/h8H,3-7H2,1-2H3,(H,15,19). The fourth-order valence-electron chi connectivity index (χ4n) is 2.10. The zero-order valence-electron chi connectivity index (χ0n) is 11.6. The van der Waals surface area contributed by atoms with Crippen molar-refractivity contribution in [1.29, 1.82) is 0 Å². The second-order valence-corrected chi connectivity index (χ2v) is 7.05. The van der Waals surface area contributed by atoms with Crippen LogP contribution in [-0.2, 0) is 0 Å². The number of amides is 3. The van der Waals surface area contributed by atoms with Gasteiger partial charge < -0.3 is 15.1 Å². The van der Waals surface area contributed by atoms with Gasteiger partial charge in [0.05, 0.1) is 8.66 Å². The summed E-state index contributed by atoms with van der Waals surface area (Å²) in [5, 5.41) is 2.78. The van der Waals surface area contributed by atoms with Crippen molar-refractivity contribution in [1.82, 2.24) is 15.1 Å². The van der Waals surface area contributed by atoms with Crippen LogP contribution in [-0.4, -0.2) is 54.5 Å². The van der Waals surface area contributed by atoms with Crippen LogP contribution < -0.4 is 5.32 Å². The van der Waals surface area contributed by atoms with Gasteiger partial charge in [-0.05, 0) is 41.4 Å². The van der Waals surface area contributed by atoms with Gasteiger partial charge in [-0.2, -0.15) is 0 Å². The van der Waals surface area contributed by atoms with Crippen LogP contribution in [0.15, 0.2) is 9.85 Å². The topological polar surface area (TPSA) is 52.7 Å². The maximum atomic E-state index is 12.4. The van der Waals surface area contributed by atoms with E-state index >= 15 is 0 Å². The Morgan fingerprint density at radius 2 is 1.90 bits per heavy atom. The molecule has 20 heavy (non-hydrogen) atoms. The zero-order valence-corrected chi connectivity index (χ0v) is 14.0. The highest BCUT2D eigenvalue weighted by Crippen LogP contribution is 2.28. The van der Waals surface area contributed by atoms with Crippen molar-refractivity contribution in [2.45, 2.75) is 13.8 Å². The van der Waals surface area contributed by atoms with Crippen LogP contribution in [0.25, 0.3) is 0 Å². The predicted molar refractivity (Wildman–Crippen MR) is 83.3 cm³/mol. The molecule has 1 fully saturated rings. The molecule has 0 aliphatic carbocycles. The molecule has 0 aromatic carbocycles. The van der Waals surface area contributed by atoms with Gasteiger partial charge in [-0.25, -0.2) is 4.79 Å². The molecule has 1 aromatic heterocycles. The SMILES string of the molecule is CCNC(=O)N1CCN(C(=O)c2cc(C)c(Br)s2)CC1. The van der Waals surface area contributed by atoms with Gasteiger partial charge in [0.15, 0.2) is 0 Å². The van der Waals surface area contributed by atoms with E-state index in [2.05, 4.69) is 21.2 Å². The molecule has 110 valence electrons. The number of thiophene rings is 1. The van der Waals surface area contributed by atoms with Gasteiger partial charge in [0.2, 0.25) is 0 Å². The van der Waals surface area contributed by atoms with Gasteiger partial charge in [0.1, 0.15) is 0 Å². The highest BCUT2D eigenvalue weighted by molar-refractivity contribution is 9.11. The Bertz CT molecular complexity index is 490. The maximum Gasteiger partial charge on any atom is 0.317 e. The number of nitrogens with zero attached hydrogens (tertiary/aromatic N) is 2. The summed E-state index contributed by atoms with van der Waals surface area (Å²) in [4.78, 5) is 28.4. The summed E-state index contributed by atoms with van der Waals surface area (Å²) in [6.07, 6.45) is 0. The molecule has 2 heterocycles. The number of carbonyl (C=O) groups is 2. The minimum absolute atomic E-state index is 0.0469. The molecule has 1 N–H and O–H groups in total. The number of carbonyl (C=O) groups excluding carboxylic acids is 2. The van der Waals surface area contributed by atoms with Crippen molar-refractivity contribution < 1.29 is 9.59 Å². The molecule has 1 aromatic rings. The van der Waals surface area contributed by atoms with Gasteiger partial charge in [-0.1, -0.05) is 0 Å². The molecule has 0 bridgehead atoms. The third-order valence-electron chi connectivity index (χ3n) is 3.25. The number of piperazine rings is 1. The third-order valence-corrected chi connectivity index (χ3v) is 5.37. The van der Waals surface area contributed by atoms with Crippen LogP contribution in [0.2, 0.25) is 0 Å². The van der Waals surface area contributed by atoms with E-state index in [1.54, 1.807) is 4.90 Å². The Kier molecular flexibility index (Phi) is 5.04. The maximum absolute atomic E-state index is 12.4. The molecule has 1 aliphatic rings. The molecule has 0 saturated carbocycles. The number of rotatable bonds is 2. The molecule has 3 amide bonds. The van der Waals surface area contributed by atoms with Crippen molar-refractivity contribution in [3.63, 3.8) is 0 Å². The Morgan fingerprint density at radius 1 is 1.30 bits per heavy atom. The van der Waals surface area contributed by atoms with E-state index < -0.39 is 0 Å². The molecule has 1 aliphatic heterocycles. The predicted octanol–water partition coefficient (Wildman–Crippen LogP) is 2.31. The van der Waals surface area contributed by atoms with Gasteiger partial charge in [-0.3, -0.25) is 4.79 Å². The van der Waals surface area contributed by atoms with Gasteiger partial charge in [0, 0.05) is 32.7 Å². The lowest BCUT2D eigenvalue weighted by Gasteiger charge is -2.34. The second kappa shape index (κ2) is 6.58. The average Bonchev–Trinajstić information content (AvgIpc) is 2.78. The fourth-order valence-corrected chi connectivity index (χ4v) is 3.60. The molecule has 1 saturated heterocycles. The number of hydrogen-bond acceptors (Lipinski definition) is 3. The third kappa shape index (κ3) is 3.32. The van der Waals surface area contributed by atoms with E-state index in [1.807, 2.05) is 24.8 Å². The molecule has 0 spiro atoms. The molecule has 5 nitrogen and oxygen atoms in total. The first-order chi connectivity index (χ1) is 9.52. The summed E-state index contributed by atoms with van der Waals surface area (Å²) in [6.45, 7) is 6.85. The van der Waals surface area contributed by atoms with Crippen LogP contribution >= 0.6 is 27.3 Å². The monoisotopic (exact) mass is 359 g/mol. The Balaban J connectivity index is 1.93. The lowest BCUT2D eigenvalue weighted by Crippen LogP contribution is -2.53. The van der Waals surface area contributed by atoms with Gasteiger partial charge in [0.25, 0.3) is 5.91 Å². The lowest BCUT2D eigenvalue weighted by atomic mass is 10.3. The summed E-state index contributed by atoms with van der Waals surface area (Å²) in [5.41, 5.74) is 1.08. The number of halogens is 1. The summed E-state index contributed by atoms with van der Waals surface area (Å²) in [5.74, 6) is 0.0550. The Labute approximate surface area is 131 Å². The van der Waals surface area contributed by atoms with Crippen LogP contribution in [0.1, 0.15) is 22.2 Å². The van der Waals surface area contributed by atoms with E-state index in [1.165, 1.54) is 11.3 Å². The zero-order chi connectivity index (χ0) is 14.7. The van der Waals surface area contributed by atoms with Crippen molar-refractivity contribution in [2.24, 2.45) is 0 Å². The van der Waals surface area contributed by atoms with Crippen molar-refractivity contribution in [3.8, 4) is 0 Å². The van der Waals surface area contributed by atoms with E-state index in [4.69, 9.17) is 0 Å². The number of nitrogens with one attached hydrogen (secondary N) is 1. The van der Waals surface area contributed by atoms with Crippen molar-refractivity contribution in [3.05, 3.63) is 20.3 Å². The highest BCUT2D eigenvalue weighted by atomic mass is 79.9. The molecule has 7 heteroatoms. The van der Waals surface area contributed by atoms with E-state index in [0.717, 1.165) is 14.2 Å². The largest absolute Gasteiger partial charge is 0.338 e. The normalized spacial score (nSPS) is 15.3. The summed E-state index contributed by atoms with van der Waals surface area (Å²) < 4.78 is 1.00. The van der Waals surface area contributed by atoms with Crippen molar-refractivity contribution >= 4 is 39.2 Å². The lowest BCUT2D eigenvalue weighted by molar-refractivity contribution is 0.0670. The van der Waals surface area contributed by atoms with E-state index in [9.17, 15) is 9.59 Å². The summed E-state index contributed by atoms with van der Waals surface area (Å²) >= 11 is 4.90. The van der Waals surface area contributed by atoms with E-state index in [-0.39, 0.29) is 11.9 Å². The molecule has 0 unspecified atom stereocenters. The summed E-state index contributed by atoms with van der Waals surface area (Å²) in [6, 6.07) is 1.86. The number of hydrogen-bond donors (Lipinski definition) is 1. The molecule has 2 rings (SSSR count). The van der Waals surface area contributed by atoms with Crippen LogP contribution in [0.4, 0.5) is 4.79 Å². The Hall–Kier alpha value is -1.08. The van der Waals surface area contributed by atoms with Crippen LogP contribution in [0.5, 0.6) is 0 Å². The first-order valence-corrected chi connectivity index (χ1v) is 8.22. The quantitative estimate of drug-likeness (QED) is 0.880. The fraction of sp³-hybridized carbons (Fsp3) is 0.538. The number of aryl methyl sites for hydroxylation is 1. The smallest absolute Gasteiger partial charge is 0.317 e. The molecular weight excluding hydrogens is 342 g/mol. The Morgan fingerprint density at radius 3 is 2.40 bits per heavy atom. The second-order valence-electron chi connectivity index (χ2n) is 4.68. The first kappa shape index (κ1) is 15.3. The molecular formula is C13H18BrN3O2S. The van der Waals surface area contributed by atoms with Gasteiger partial charge >= 0.3 is 6.03 Å². The molecule has 0 radical (unpaired) electrons. The minimum Gasteiger partial charge on any atom is -0.338 e.